The van der Waals surface area contributed by atoms with Crippen molar-refractivity contribution in [1.29, 1.82) is 0 Å². The fraction of sp³-hybridized carbons (Fsp3) is 0.660. The number of aliphatic hydroxyl groups excluding tert-OH is 2. The van der Waals surface area contributed by atoms with Gasteiger partial charge in [-0.2, -0.15) is 0 Å². The van der Waals surface area contributed by atoms with Crippen LogP contribution in [0.15, 0.2) is 97.2 Å². The van der Waals surface area contributed by atoms with E-state index in [2.05, 4.69) is 86.8 Å². The highest BCUT2D eigenvalue weighted by Crippen LogP contribution is 2.17. The number of esters is 1. The van der Waals surface area contributed by atoms with Crippen molar-refractivity contribution in [3.05, 3.63) is 97.2 Å². The van der Waals surface area contributed by atoms with Gasteiger partial charge in [0.2, 0.25) is 5.91 Å². The quantitative estimate of drug-likeness (QED) is 0.0324. The van der Waals surface area contributed by atoms with E-state index in [4.69, 9.17) is 4.74 Å². The summed E-state index contributed by atoms with van der Waals surface area (Å²) in [6.45, 7) is 6.22. The van der Waals surface area contributed by atoms with Gasteiger partial charge in [0.05, 0.1) is 25.2 Å². The number of nitrogens with one attached hydrogen (secondary N) is 1. The third-order valence-electron chi connectivity index (χ3n) is 10.3. The van der Waals surface area contributed by atoms with Gasteiger partial charge in [-0.1, -0.05) is 221 Å². The Morgan fingerprint density at radius 1 is 0.508 bits per heavy atom. The van der Waals surface area contributed by atoms with Gasteiger partial charge in [0, 0.05) is 6.42 Å². The van der Waals surface area contributed by atoms with Crippen LogP contribution in [0, 0.1) is 0 Å². The molecular formula is C53H89NO5. The molecule has 6 nitrogen and oxygen atoms in total. The van der Waals surface area contributed by atoms with Crippen LogP contribution in [0.2, 0.25) is 0 Å². The van der Waals surface area contributed by atoms with Crippen molar-refractivity contribution in [1.82, 2.24) is 5.32 Å². The molecule has 59 heavy (non-hydrogen) atoms. The summed E-state index contributed by atoms with van der Waals surface area (Å²) in [5.41, 5.74) is 0. The Balaban J connectivity index is 4.66. The van der Waals surface area contributed by atoms with Gasteiger partial charge in [-0.15, -0.1) is 0 Å². The average Bonchev–Trinajstić information content (AvgIpc) is 3.23. The molecule has 0 rings (SSSR count). The summed E-state index contributed by atoms with van der Waals surface area (Å²) in [6.07, 6.45) is 60.3. The van der Waals surface area contributed by atoms with Crippen LogP contribution in [0.25, 0.3) is 0 Å². The maximum atomic E-state index is 13.1. The fourth-order valence-corrected chi connectivity index (χ4v) is 6.69. The molecule has 3 atom stereocenters. The van der Waals surface area contributed by atoms with E-state index in [0.717, 1.165) is 96.3 Å². The average molecular weight is 820 g/mol. The zero-order chi connectivity index (χ0) is 43.1. The number of rotatable bonds is 41. The summed E-state index contributed by atoms with van der Waals surface area (Å²) in [4.78, 5) is 26.0. The number of unbranched alkanes of at least 4 members (excludes halogenated alkanes) is 19. The lowest BCUT2D eigenvalue weighted by atomic mass is 10.0. The van der Waals surface area contributed by atoms with E-state index in [0.29, 0.717) is 19.3 Å². The predicted octanol–water partition coefficient (Wildman–Crippen LogP) is 14.2. The number of carbonyl (C=O) groups excluding carboxylic acids is 2. The van der Waals surface area contributed by atoms with Crippen molar-refractivity contribution < 1.29 is 24.5 Å². The molecule has 0 spiro atoms. The van der Waals surface area contributed by atoms with Crippen molar-refractivity contribution in [2.45, 2.75) is 219 Å². The lowest BCUT2D eigenvalue weighted by Crippen LogP contribution is -2.46. The topological polar surface area (TPSA) is 95.9 Å². The summed E-state index contributed by atoms with van der Waals surface area (Å²) in [7, 11) is 0. The Morgan fingerprint density at radius 2 is 0.949 bits per heavy atom. The minimum absolute atomic E-state index is 0.0378. The van der Waals surface area contributed by atoms with Crippen LogP contribution in [0.1, 0.15) is 201 Å². The number of hydrogen-bond donors (Lipinski definition) is 3. The molecule has 0 aliphatic heterocycles. The molecule has 336 valence electrons. The first-order valence-electron chi connectivity index (χ1n) is 24.1. The monoisotopic (exact) mass is 820 g/mol. The van der Waals surface area contributed by atoms with E-state index in [9.17, 15) is 19.8 Å². The SMILES string of the molecule is CC/C=C/C=C/C=C\CCCCCC(CC(=O)NC(CO)C(O)CCCCCCCCCCCCC)OC(=O)CCCCCCC/C=C/C=C/C=C/C=C/C=C/CCC. The molecule has 0 aromatic carbocycles. The fourth-order valence-electron chi connectivity index (χ4n) is 6.69. The largest absolute Gasteiger partial charge is 0.462 e. The van der Waals surface area contributed by atoms with Crippen LogP contribution in [-0.2, 0) is 14.3 Å². The molecule has 0 heterocycles. The van der Waals surface area contributed by atoms with Gasteiger partial charge in [0.1, 0.15) is 6.10 Å². The molecule has 0 aromatic rings. The Hall–Kier alpha value is -3.22. The van der Waals surface area contributed by atoms with E-state index < -0.39 is 18.2 Å². The van der Waals surface area contributed by atoms with Crippen LogP contribution < -0.4 is 5.32 Å². The maximum absolute atomic E-state index is 13.1. The van der Waals surface area contributed by atoms with Crippen molar-refractivity contribution in [3.63, 3.8) is 0 Å². The van der Waals surface area contributed by atoms with Crippen molar-refractivity contribution >= 4 is 11.9 Å². The van der Waals surface area contributed by atoms with E-state index in [-0.39, 0.29) is 24.9 Å². The zero-order valence-corrected chi connectivity index (χ0v) is 38.1. The predicted molar refractivity (Wildman–Crippen MR) is 254 cm³/mol. The molecule has 3 N–H and O–H groups in total. The summed E-state index contributed by atoms with van der Waals surface area (Å²) in [5, 5.41) is 23.6. The molecular weight excluding hydrogens is 731 g/mol. The summed E-state index contributed by atoms with van der Waals surface area (Å²) < 4.78 is 5.88. The number of amides is 1. The second-order valence-electron chi connectivity index (χ2n) is 16.0. The first-order chi connectivity index (χ1) is 29.0. The number of ether oxygens (including phenoxy) is 1. The smallest absolute Gasteiger partial charge is 0.306 e. The minimum Gasteiger partial charge on any atom is -0.462 e. The lowest BCUT2D eigenvalue weighted by Gasteiger charge is -2.24. The van der Waals surface area contributed by atoms with E-state index in [1.54, 1.807) is 0 Å². The maximum Gasteiger partial charge on any atom is 0.306 e. The molecule has 0 fully saturated rings. The Morgan fingerprint density at radius 3 is 1.47 bits per heavy atom. The first kappa shape index (κ1) is 55.8. The normalized spacial score (nSPS) is 14.2. The molecule has 6 heteroatoms. The number of allylic oxidation sites excluding steroid dienone is 16. The summed E-state index contributed by atoms with van der Waals surface area (Å²) in [6, 6.07) is -0.722. The number of carbonyl (C=O) groups is 2. The van der Waals surface area contributed by atoms with Crippen molar-refractivity contribution in [3.8, 4) is 0 Å². The molecule has 3 unspecified atom stereocenters. The van der Waals surface area contributed by atoms with Gasteiger partial charge in [-0.3, -0.25) is 9.59 Å². The third kappa shape index (κ3) is 41.3. The van der Waals surface area contributed by atoms with Gasteiger partial charge in [-0.25, -0.2) is 0 Å². The molecule has 0 aromatic heterocycles. The first-order valence-corrected chi connectivity index (χ1v) is 24.1. The molecule has 0 bridgehead atoms. The molecule has 0 saturated carbocycles. The van der Waals surface area contributed by atoms with Gasteiger partial charge >= 0.3 is 5.97 Å². The number of hydrogen-bond acceptors (Lipinski definition) is 5. The molecule has 0 aliphatic rings. The highest BCUT2D eigenvalue weighted by atomic mass is 16.5. The molecule has 0 radical (unpaired) electrons. The van der Waals surface area contributed by atoms with Crippen LogP contribution in [-0.4, -0.2) is 46.9 Å². The lowest BCUT2D eigenvalue weighted by molar-refractivity contribution is -0.151. The molecule has 0 saturated heterocycles. The van der Waals surface area contributed by atoms with Gasteiger partial charge in [0.25, 0.3) is 0 Å². The molecule has 0 aliphatic carbocycles. The highest BCUT2D eigenvalue weighted by molar-refractivity contribution is 5.77. The van der Waals surface area contributed by atoms with Crippen LogP contribution in [0.4, 0.5) is 0 Å². The van der Waals surface area contributed by atoms with Crippen molar-refractivity contribution in [2.75, 3.05) is 6.61 Å². The van der Waals surface area contributed by atoms with Crippen LogP contribution in [0.5, 0.6) is 0 Å². The van der Waals surface area contributed by atoms with E-state index in [1.807, 2.05) is 36.5 Å². The van der Waals surface area contributed by atoms with Crippen molar-refractivity contribution in [2.24, 2.45) is 0 Å². The van der Waals surface area contributed by atoms with E-state index >= 15 is 0 Å². The second kappa shape index (κ2) is 45.9. The van der Waals surface area contributed by atoms with Crippen LogP contribution >= 0.6 is 0 Å². The van der Waals surface area contributed by atoms with E-state index in [1.165, 1.54) is 57.8 Å². The van der Waals surface area contributed by atoms with Crippen LogP contribution in [0.3, 0.4) is 0 Å². The summed E-state index contributed by atoms with van der Waals surface area (Å²) in [5.74, 6) is -0.548. The minimum atomic E-state index is -0.806. The Labute approximate surface area is 363 Å². The van der Waals surface area contributed by atoms with Gasteiger partial charge in [-0.05, 0) is 64.2 Å². The third-order valence-corrected chi connectivity index (χ3v) is 10.3. The second-order valence-corrected chi connectivity index (χ2v) is 16.0. The zero-order valence-electron chi connectivity index (χ0n) is 38.1. The highest BCUT2D eigenvalue weighted by Gasteiger charge is 2.24. The number of aliphatic hydroxyl groups is 2. The van der Waals surface area contributed by atoms with Gasteiger partial charge in [0.15, 0.2) is 0 Å². The Bertz CT molecular complexity index is 1190. The molecule has 1 amide bonds. The summed E-state index contributed by atoms with van der Waals surface area (Å²) >= 11 is 0. The van der Waals surface area contributed by atoms with Gasteiger partial charge < -0.3 is 20.3 Å². The Kier molecular flexibility index (Phi) is 43.4. The standard InChI is InChI=1S/C53H89NO5/c1-4-7-10-13-16-19-22-23-24-25-26-27-28-31-34-37-40-43-46-53(58)59-49(44-41-38-35-32-29-20-17-14-11-8-5-2)47-52(57)54-50(48-55)51(56)45-42-39-36-33-30-21-18-15-12-9-6-3/h8,10-11,13-14,16-17,19-20,22-27,29,49-51,55-56H,4-7,9,12,15,18,21,28,30-48H2,1-3H3,(H,54,57)/b11-8+,13-10+,17-14+,19-16+,23-22+,25-24+,27-26+,29-20-.